The van der Waals surface area contributed by atoms with Crippen LogP contribution in [0.5, 0.6) is 0 Å². The van der Waals surface area contributed by atoms with E-state index in [2.05, 4.69) is 15.7 Å². The first-order valence-corrected chi connectivity index (χ1v) is 5.78. The number of amides is 2. The second kappa shape index (κ2) is 5.09. The minimum atomic E-state index is -0.949. The number of nitrogens with one attached hydrogen (secondary N) is 2. The molecular weight excluding hydrogens is 252 g/mol. The van der Waals surface area contributed by atoms with Gasteiger partial charge in [0.05, 0.1) is 23.7 Å². The normalized spacial score (nSPS) is 20.7. The molecule has 1 aliphatic carbocycles. The molecule has 0 bridgehead atoms. The highest BCUT2D eigenvalue weighted by Gasteiger charge is 2.48. The van der Waals surface area contributed by atoms with Gasteiger partial charge in [0.15, 0.2) is 0 Å². The number of carbonyl (C=O) groups excluding carboxylic acids is 2. The number of nitrogens with zero attached hydrogens (tertiary/aromatic N) is 2. The molecular formula is C11H14N4O4. The van der Waals surface area contributed by atoms with Gasteiger partial charge in [0.1, 0.15) is 6.54 Å². The Morgan fingerprint density at radius 3 is 2.79 bits per heavy atom. The summed E-state index contributed by atoms with van der Waals surface area (Å²) in [6, 6.07) is 0. The van der Waals surface area contributed by atoms with Crippen LogP contribution in [0, 0.1) is 11.8 Å². The maximum Gasteiger partial charge on any atom is 0.307 e. The Kier molecular flexibility index (Phi) is 3.50. The molecule has 3 N–H and O–H groups in total. The number of likely N-dealkylation sites (N-methyl/N-ethyl adjacent to an activating group) is 1. The van der Waals surface area contributed by atoms with Gasteiger partial charge in [0.2, 0.25) is 11.8 Å². The Morgan fingerprint density at radius 2 is 2.21 bits per heavy atom. The molecule has 8 nitrogen and oxygen atoms in total. The third-order valence-corrected chi connectivity index (χ3v) is 2.93. The zero-order valence-corrected chi connectivity index (χ0v) is 10.3. The predicted molar refractivity (Wildman–Crippen MR) is 64.2 cm³/mol. The number of carboxylic acid groups (broad SMARTS) is 1. The molecule has 102 valence electrons. The lowest BCUT2D eigenvalue weighted by molar-refractivity contribution is -0.139. The highest BCUT2D eigenvalue weighted by atomic mass is 16.4. The quantitative estimate of drug-likeness (QED) is 0.651. The van der Waals surface area contributed by atoms with Gasteiger partial charge < -0.3 is 15.7 Å². The predicted octanol–water partition coefficient (Wildman–Crippen LogP) is -0.712. The Bertz CT molecular complexity index is 525. The SMILES string of the molecule is CNC(=O)Cn1cc(NC(=O)C2CC2C(=O)O)cn1. The summed E-state index contributed by atoms with van der Waals surface area (Å²) in [6.07, 6.45) is 3.30. The monoisotopic (exact) mass is 266 g/mol. The molecule has 0 radical (unpaired) electrons. The summed E-state index contributed by atoms with van der Waals surface area (Å²) >= 11 is 0. The van der Waals surface area contributed by atoms with Crippen molar-refractivity contribution in [3.63, 3.8) is 0 Å². The van der Waals surface area contributed by atoms with Gasteiger partial charge in [-0.3, -0.25) is 19.1 Å². The van der Waals surface area contributed by atoms with Crippen LogP contribution in [0.2, 0.25) is 0 Å². The van der Waals surface area contributed by atoms with E-state index in [0.29, 0.717) is 12.1 Å². The van der Waals surface area contributed by atoms with Gasteiger partial charge in [-0.2, -0.15) is 5.10 Å². The van der Waals surface area contributed by atoms with Crippen LogP contribution in [0.25, 0.3) is 0 Å². The van der Waals surface area contributed by atoms with E-state index in [4.69, 9.17) is 5.11 Å². The van der Waals surface area contributed by atoms with Crippen LogP contribution in [0.4, 0.5) is 5.69 Å². The zero-order valence-electron chi connectivity index (χ0n) is 10.3. The van der Waals surface area contributed by atoms with Gasteiger partial charge in [0.25, 0.3) is 0 Å². The number of hydrogen-bond donors (Lipinski definition) is 3. The minimum Gasteiger partial charge on any atom is -0.481 e. The van der Waals surface area contributed by atoms with E-state index in [1.165, 1.54) is 24.1 Å². The fraction of sp³-hybridized carbons (Fsp3) is 0.455. The summed E-state index contributed by atoms with van der Waals surface area (Å²) in [5, 5.41) is 17.7. The summed E-state index contributed by atoms with van der Waals surface area (Å²) in [7, 11) is 1.52. The smallest absolute Gasteiger partial charge is 0.307 e. The summed E-state index contributed by atoms with van der Waals surface area (Å²) < 4.78 is 1.38. The zero-order chi connectivity index (χ0) is 14.0. The molecule has 2 rings (SSSR count). The molecule has 1 heterocycles. The van der Waals surface area contributed by atoms with Gasteiger partial charge in [-0.1, -0.05) is 0 Å². The molecule has 1 saturated carbocycles. The Balaban J connectivity index is 1.88. The first-order valence-electron chi connectivity index (χ1n) is 5.78. The molecule has 2 amide bonds. The largest absolute Gasteiger partial charge is 0.481 e. The molecule has 8 heteroatoms. The van der Waals surface area contributed by atoms with Crippen molar-refractivity contribution in [1.29, 1.82) is 0 Å². The second-order valence-corrected chi connectivity index (χ2v) is 4.38. The molecule has 1 aromatic rings. The van der Waals surface area contributed by atoms with E-state index in [0.717, 1.165) is 0 Å². The Hall–Kier alpha value is -2.38. The maximum absolute atomic E-state index is 11.7. The van der Waals surface area contributed by atoms with E-state index in [1.807, 2.05) is 0 Å². The number of aliphatic carboxylic acids is 1. The van der Waals surface area contributed by atoms with E-state index in [-0.39, 0.29) is 18.4 Å². The lowest BCUT2D eigenvalue weighted by atomic mass is 10.3. The number of anilines is 1. The number of hydrogen-bond acceptors (Lipinski definition) is 4. The average molecular weight is 266 g/mol. The van der Waals surface area contributed by atoms with Crippen LogP contribution in [-0.4, -0.2) is 39.7 Å². The molecule has 0 aliphatic heterocycles. The van der Waals surface area contributed by atoms with Crippen LogP contribution in [0.1, 0.15) is 6.42 Å². The van der Waals surface area contributed by atoms with E-state index in [1.54, 1.807) is 0 Å². The summed E-state index contributed by atoms with van der Waals surface area (Å²) in [5.41, 5.74) is 0.449. The van der Waals surface area contributed by atoms with Crippen LogP contribution < -0.4 is 10.6 Å². The van der Waals surface area contributed by atoms with Crippen LogP contribution in [-0.2, 0) is 20.9 Å². The van der Waals surface area contributed by atoms with Gasteiger partial charge >= 0.3 is 5.97 Å². The third-order valence-electron chi connectivity index (χ3n) is 2.93. The molecule has 19 heavy (non-hydrogen) atoms. The van der Waals surface area contributed by atoms with Crippen molar-refractivity contribution in [2.45, 2.75) is 13.0 Å². The molecule has 2 atom stereocenters. The highest BCUT2D eigenvalue weighted by Crippen LogP contribution is 2.39. The highest BCUT2D eigenvalue weighted by molar-refractivity contribution is 5.98. The number of carboxylic acids is 1. The summed E-state index contributed by atoms with van der Waals surface area (Å²) in [4.78, 5) is 33.5. The number of aromatic nitrogens is 2. The molecule has 1 aromatic heterocycles. The van der Waals surface area contributed by atoms with Gasteiger partial charge in [0, 0.05) is 13.2 Å². The Morgan fingerprint density at radius 1 is 1.47 bits per heavy atom. The number of carbonyl (C=O) groups is 3. The second-order valence-electron chi connectivity index (χ2n) is 4.38. The van der Waals surface area contributed by atoms with Crippen molar-refractivity contribution in [3.8, 4) is 0 Å². The lowest BCUT2D eigenvalue weighted by Gasteiger charge is -2.01. The van der Waals surface area contributed by atoms with Crippen molar-refractivity contribution < 1.29 is 19.5 Å². The van der Waals surface area contributed by atoms with Crippen LogP contribution >= 0.6 is 0 Å². The summed E-state index contributed by atoms with van der Waals surface area (Å²) in [5.74, 6) is -2.53. The standard InChI is InChI=1S/C11H14N4O4/c1-12-9(16)5-15-4-6(3-13-15)14-10(17)7-2-8(7)11(18)19/h3-4,7-8H,2,5H2,1H3,(H,12,16)(H,14,17)(H,18,19). The van der Waals surface area contributed by atoms with Crippen molar-refractivity contribution in [2.75, 3.05) is 12.4 Å². The number of rotatable bonds is 5. The molecule has 0 spiro atoms. The fourth-order valence-corrected chi connectivity index (χ4v) is 1.73. The van der Waals surface area contributed by atoms with Crippen LogP contribution in [0.3, 0.4) is 0 Å². The van der Waals surface area contributed by atoms with Crippen molar-refractivity contribution >= 4 is 23.5 Å². The minimum absolute atomic E-state index is 0.0630. The van der Waals surface area contributed by atoms with Gasteiger partial charge in [-0.05, 0) is 6.42 Å². The van der Waals surface area contributed by atoms with Gasteiger partial charge in [-0.15, -0.1) is 0 Å². The lowest BCUT2D eigenvalue weighted by Crippen LogP contribution is -2.23. The fourth-order valence-electron chi connectivity index (χ4n) is 1.73. The van der Waals surface area contributed by atoms with Gasteiger partial charge in [-0.25, -0.2) is 0 Å². The molecule has 2 unspecified atom stereocenters. The topological polar surface area (TPSA) is 113 Å². The average Bonchev–Trinajstić information content (AvgIpc) is 3.07. The van der Waals surface area contributed by atoms with Crippen molar-refractivity contribution in [1.82, 2.24) is 15.1 Å². The first-order chi connectivity index (χ1) is 9.01. The first kappa shape index (κ1) is 13.1. The molecule has 0 aromatic carbocycles. The molecule has 1 fully saturated rings. The Labute approximate surface area is 108 Å². The summed E-state index contributed by atoms with van der Waals surface area (Å²) in [6.45, 7) is 0.0630. The van der Waals surface area contributed by atoms with E-state index < -0.39 is 17.8 Å². The van der Waals surface area contributed by atoms with Crippen molar-refractivity contribution in [2.24, 2.45) is 11.8 Å². The third kappa shape index (κ3) is 3.09. The van der Waals surface area contributed by atoms with Crippen LogP contribution in [0.15, 0.2) is 12.4 Å². The van der Waals surface area contributed by atoms with Crippen molar-refractivity contribution in [3.05, 3.63) is 12.4 Å². The van der Waals surface area contributed by atoms with E-state index in [9.17, 15) is 14.4 Å². The van der Waals surface area contributed by atoms with E-state index >= 15 is 0 Å². The maximum atomic E-state index is 11.7. The molecule has 0 saturated heterocycles. The molecule has 1 aliphatic rings.